The van der Waals surface area contributed by atoms with Crippen molar-refractivity contribution < 1.29 is 14.3 Å². The van der Waals surface area contributed by atoms with Crippen LogP contribution in [0.2, 0.25) is 0 Å². The molecule has 0 spiro atoms. The highest BCUT2D eigenvalue weighted by Crippen LogP contribution is 2.47. The third kappa shape index (κ3) is 9.51. The van der Waals surface area contributed by atoms with E-state index in [1.807, 2.05) is 30.9 Å². The first-order valence-electron chi connectivity index (χ1n) is 14.9. The lowest BCUT2D eigenvalue weighted by atomic mass is 9.64. The maximum absolute atomic E-state index is 11.7. The molecule has 3 atom stereocenters. The molecule has 5 heteroatoms. The fourth-order valence-electron chi connectivity index (χ4n) is 6.94. The maximum atomic E-state index is 11.7. The molecule has 0 amide bonds. The van der Waals surface area contributed by atoms with Crippen LogP contribution in [0.3, 0.4) is 0 Å². The first-order chi connectivity index (χ1) is 17.9. The van der Waals surface area contributed by atoms with Gasteiger partial charge < -0.3 is 9.53 Å². The molecule has 0 saturated heterocycles. The lowest BCUT2D eigenvalue weighted by Crippen LogP contribution is -2.42. The van der Waals surface area contributed by atoms with Gasteiger partial charge in [-0.2, -0.15) is 0 Å². The Balaban J connectivity index is 1.33. The van der Waals surface area contributed by atoms with Crippen LogP contribution < -0.4 is 0 Å². The number of carbonyl (C=O) groups is 2. The van der Waals surface area contributed by atoms with Gasteiger partial charge in [-0.25, -0.2) is 0 Å². The molecule has 0 aliphatic heterocycles. The molecule has 3 rings (SSSR count). The lowest BCUT2D eigenvalue weighted by Gasteiger charge is -2.47. The highest BCUT2D eigenvalue weighted by molar-refractivity contribution is 7.99. The molecular weight excluding hydrogens is 478 g/mol. The second-order valence-corrected chi connectivity index (χ2v) is 13.4. The van der Waals surface area contributed by atoms with E-state index in [1.165, 1.54) is 69.1 Å². The van der Waals surface area contributed by atoms with Crippen LogP contribution in [0.15, 0.2) is 23.1 Å². The van der Waals surface area contributed by atoms with Crippen LogP contribution in [-0.2, 0) is 16.1 Å². The van der Waals surface area contributed by atoms with E-state index >= 15 is 0 Å². The summed E-state index contributed by atoms with van der Waals surface area (Å²) >= 11 is 1.85. The fraction of sp³-hybridized carbons (Fsp3) is 0.750. The number of unbranched alkanes of at least 4 members (excludes halogenated alkanes) is 4. The Hall–Kier alpha value is -1.17. The smallest absolute Gasteiger partial charge is 0.150 e. The van der Waals surface area contributed by atoms with Gasteiger partial charge in [-0.1, -0.05) is 51.7 Å². The van der Waals surface area contributed by atoms with Crippen molar-refractivity contribution in [3.05, 3.63) is 29.3 Å². The average molecular weight is 530 g/mol. The number of nitrogens with zero attached hydrogens (tertiary/aromatic N) is 1. The highest BCUT2D eigenvalue weighted by Gasteiger charge is 2.41. The summed E-state index contributed by atoms with van der Waals surface area (Å²) < 4.78 is 6.48. The molecule has 2 fully saturated rings. The van der Waals surface area contributed by atoms with E-state index in [2.05, 4.69) is 31.7 Å². The van der Waals surface area contributed by atoms with E-state index in [0.29, 0.717) is 6.54 Å². The van der Waals surface area contributed by atoms with Crippen molar-refractivity contribution in [2.45, 2.75) is 121 Å². The van der Waals surface area contributed by atoms with Gasteiger partial charge in [-0.3, -0.25) is 9.69 Å². The third-order valence-corrected chi connectivity index (χ3v) is 9.77. The summed E-state index contributed by atoms with van der Waals surface area (Å²) in [7, 11) is 1.98. The van der Waals surface area contributed by atoms with Crippen LogP contribution in [0.5, 0.6) is 0 Å². The molecule has 0 heterocycles. The van der Waals surface area contributed by atoms with E-state index in [4.69, 9.17) is 4.74 Å². The molecule has 4 nitrogen and oxygen atoms in total. The number of rotatable bonds is 17. The van der Waals surface area contributed by atoms with Crippen LogP contribution in [0.1, 0.15) is 114 Å². The van der Waals surface area contributed by atoms with E-state index in [9.17, 15) is 9.59 Å². The zero-order valence-electron chi connectivity index (χ0n) is 23.9. The topological polar surface area (TPSA) is 46.6 Å². The molecule has 208 valence electrons. The van der Waals surface area contributed by atoms with Gasteiger partial charge in [0.2, 0.25) is 0 Å². The van der Waals surface area contributed by atoms with Gasteiger partial charge in [0.1, 0.15) is 12.6 Å². The summed E-state index contributed by atoms with van der Waals surface area (Å²) in [6.07, 6.45) is 16.7. The van der Waals surface area contributed by atoms with Gasteiger partial charge in [0, 0.05) is 23.6 Å². The third-order valence-electron chi connectivity index (χ3n) is 8.59. The molecular formula is C32H51NO3S. The Morgan fingerprint density at radius 2 is 1.78 bits per heavy atom. The lowest BCUT2D eigenvalue weighted by molar-refractivity contribution is -0.112. The quantitative estimate of drug-likeness (QED) is 0.116. The average Bonchev–Trinajstić information content (AvgIpc) is 2.85. The van der Waals surface area contributed by atoms with Crippen LogP contribution >= 0.6 is 11.8 Å². The Bertz CT molecular complexity index is 825. The second kappa shape index (κ2) is 15.4. The van der Waals surface area contributed by atoms with Crippen molar-refractivity contribution in [1.29, 1.82) is 0 Å². The molecule has 2 saturated carbocycles. The first kappa shape index (κ1) is 30.4. The predicted molar refractivity (Wildman–Crippen MR) is 155 cm³/mol. The first-order valence-corrected chi connectivity index (χ1v) is 15.8. The van der Waals surface area contributed by atoms with Crippen LogP contribution in [0, 0.1) is 17.8 Å². The summed E-state index contributed by atoms with van der Waals surface area (Å²) in [6, 6.07) is 5.88. The zero-order chi connectivity index (χ0) is 26.7. The number of fused-ring (bicyclic) bond motifs is 2. The highest BCUT2D eigenvalue weighted by atomic mass is 32.2. The molecule has 3 unspecified atom stereocenters. The Kier molecular flexibility index (Phi) is 12.7. The Morgan fingerprint density at radius 3 is 2.46 bits per heavy atom. The Morgan fingerprint density at radius 1 is 1.08 bits per heavy atom. The molecule has 1 aromatic rings. The SMILES string of the molecule is CCCC(C=O)N(C)Cc1c(C=O)cccc1SCCCCCCCOC1(C)CC2CC(C)CC(C2)C1. The summed E-state index contributed by atoms with van der Waals surface area (Å²) in [6.45, 7) is 8.43. The second-order valence-electron chi connectivity index (χ2n) is 12.2. The van der Waals surface area contributed by atoms with E-state index < -0.39 is 0 Å². The molecule has 0 N–H and O–H groups in total. The molecule has 1 aromatic carbocycles. The van der Waals surface area contributed by atoms with E-state index in [1.54, 1.807) is 0 Å². The number of likely N-dealkylation sites (N-methyl/N-ethyl adjacent to an activating group) is 1. The van der Waals surface area contributed by atoms with Crippen molar-refractivity contribution in [2.24, 2.45) is 17.8 Å². The molecule has 37 heavy (non-hydrogen) atoms. The van der Waals surface area contributed by atoms with Crippen molar-refractivity contribution in [1.82, 2.24) is 4.90 Å². The molecule has 0 aromatic heterocycles. The van der Waals surface area contributed by atoms with Crippen molar-refractivity contribution >= 4 is 24.3 Å². The summed E-state index contributed by atoms with van der Waals surface area (Å²) in [5.74, 6) is 3.75. The molecule has 0 radical (unpaired) electrons. The molecule has 2 bridgehead atoms. The number of aldehydes is 2. The fourth-order valence-corrected chi connectivity index (χ4v) is 8.04. The van der Waals surface area contributed by atoms with Crippen molar-refractivity contribution in [3.63, 3.8) is 0 Å². The minimum atomic E-state index is -0.101. The monoisotopic (exact) mass is 529 g/mol. The van der Waals surface area contributed by atoms with Gasteiger partial charge in [0.05, 0.1) is 11.6 Å². The van der Waals surface area contributed by atoms with Gasteiger partial charge in [-0.15, -0.1) is 11.8 Å². The minimum Gasteiger partial charge on any atom is -0.375 e. The van der Waals surface area contributed by atoms with Crippen LogP contribution in [-0.4, -0.2) is 48.5 Å². The van der Waals surface area contributed by atoms with E-state index in [-0.39, 0.29) is 11.6 Å². The van der Waals surface area contributed by atoms with Crippen LogP contribution in [0.25, 0.3) is 0 Å². The number of ether oxygens (including phenoxy) is 1. The summed E-state index contributed by atoms with van der Waals surface area (Å²) in [5.41, 5.74) is 1.91. The van der Waals surface area contributed by atoms with Gasteiger partial charge in [0.15, 0.2) is 0 Å². The normalized spacial score (nSPS) is 26.2. The number of hydrogen-bond acceptors (Lipinski definition) is 5. The number of thioether (sulfide) groups is 1. The minimum absolute atomic E-state index is 0.101. The molecule has 2 aliphatic rings. The molecule has 2 aliphatic carbocycles. The standard InChI is InChI=1S/C32H51NO3S/c1-5-12-29(24-35)33(4)22-30-28(23-34)13-11-14-31(30)37-16-10-8-6-7-9-15-36-32(3)20-26-17-25(2)18-27(19-26)21-32/h11,13-14,23-27,29H,5-10,12,15-22H2,1-4H3. The van der Waals surface area contributed by atoms with Gasteiger partial charge in [0.25, 0.3) is 0 Å². The zero-order valence-corrected chi connectivity index (χ0v) is 24.7. The predicted octanol–water partition coefficient (Wildman–Crippen LogP) is 7.96. The number of benzene rings is 1. The van der Waals surface area contributed by atoms with Crippen LogP contribution in [0.4, 0.5) is 0 Å². The Labute approximate surface area is 230 Å². The number of hydrogen-bond donors (Lipinski definition) is 0. The summed E-state index contributed by atoms with van der Waals surface area (Å²) in [5, 5.41) is 0. The van der Waals surface area contributed by atoms with Gasteiger partial charge in [-0.05, 0) is 100 Å². The van der Waals surface area contributed by atoms with Crippen molar-refractivity contribution in [3.8, 4) is 0 Å². The number of carbonyl (C=O) groups excluding carboxylic acids is 2. The maximum Gasteiger partial charge on any atom is 0.150 e. The van der Waals surface area contributed by atoms with Crippen molar-refractivity contribution in [2.75, 3.05) is 19.4 Å². The summed E-state index contributed by atoms with van der Waals surface area (Å²) in [4.78, 5) is 26.5. The largest absolute Gasteiger partial charge is 0.375 e. The van der Waals surface area contributed by atoms with Gasteiger partial charge >= 0.3 is 0 Å². The van der Waals surface area contributed by atoms with E-state index in [0.717, 1.165) is 66.7 Å².